The summed E-state index contributed by atoms with van der Waals surface area (Å²) >= 11 is 0. The molecular formula is C17H31N7O. The molecule has 0 spiro atoms. The number of guanidine groups is 1. The average molecular weight is 349 g/mol. The predicted octanol–water partition coefficient (Wildman–Crippen LogP) is 0.920. The maximum Gasteiger partial charge on any atom is 0.242 e. The summed E-state index contributed by atoms with van der Waals surface area (Å²) in [7, 11) is 1.93. The fourth-order valence-electron chi connectivity index (χ4n) is 3.47. The van der Waals surface area contributed by atoms with Crippen molar-refractivity contribution in [3.8, 4) is 0 Å². The Morgan fingerprint density at radius 1 is 1.36 bits per heavy atom. The van der Waals surface area contributed by atoms with Gasteiger partial charge in [-0.3, -0.25) is 4.79 Å². The molecule has 1 aliphatic heterocycles. The van der Waals surface area contributed by atoms with E-state index in [-0.39, 0.29) is 17.5 Å². The van der Waals surface area contributed by atoms with Gasteiger partial charge in [-0.05, 0) is 41.5 Å². The number of hydrogen-bond donors (Lipinski definition) is 1. The van der Waals surface area contributed by atoms with Gasteiger partial charge >= 0.3 is 0 Å². The molecule has 1 amide bonds. The molecule has 140 valence electrons. The monoisotopic (exact) mass is 349 g/mol. The first kappa shape index (κ1) is 19.2. The van der Waals surface area contributed by atoms with Crippen molar-refractivity contribution < 1.29 is 4.79 Å². The van der Waals surface area contributed by atoms with Gasteiger partial charge < -0.3 is 19.7 Å². The predicted molar refractivity (Wildman–Crippen MR) is 98.2 cm³/mol. The highest BCUT2D eigenvalue weighted by atomic mass is 16.2. The second kappa shape index (κ2) is 7.41. The van der Waals surface area contributed by atoms with E-state index in [4.69, 9.17) is 0 Å². The Hall–Kier alpha value is -2.12. The van der Waals surface area contributed by atoms with Crippen molar-refractivity contribution in [3.05, 3.63) is 11.6 Å². The Labute approximate surface area is 150 Å². The summed E-state index contributed by atoms with van der Waals surface area (Å²) in [5.74, 6) is 2.54. The van der Waals surface area contributed by atoms with E-state index in [9.17, 15) is 4.79 Å². The zero-order valence-corrected chi connectivity index (χ0v) is 16.5. The molecule has 0 unspecified atom stereocenters. The van der Waals surface area contributed by atoms with E-state index in [0.717, 1.165) is 30.7 Å². The van der Waals surface area contributed by atoms with Crippen molar-refractivity contribution in [2.24, 2.45) is 12.0 Å². The standard InChI is InChI=1S/C17H31N7O/c1-8-18-16(19-9-14-21-20-13(4)22(14)7)23-10-15(25)24(12(2)3)17(5,6)11-23/h12H,8-11H2,1-7H3,(H,18,19). The molecule has 0 aromatic carbocycles. The van der Waals surface area contributed by atoms with Crippen LogP contribution in [0.15, 0.2) is 4.99 Å². The second-order valence-corrected chi connectivity index (χ2v) is 7.42. The number of nitrogens with zero attached hydrogens (tertiary/aromatic N) is 6. The van der Waals surface area contributed by atoms with E-state index < -0.39 is 0 Å². The summed E-state index contributed by atoms with van der Waals surface area (Å²) in [6.07, 6.45) is 0. The minimum absolute atomic E-state index is 0.131. The fraction of sp³-hybridized carbons (Fsp3) is 0.765. The van der Waals surface area contributed by atoms with Crippen molar-refractivity contribution in [2.45, 2.75) is 59.7 Å². The second-order valence-electron chi connectivity index (χ2n) is 7.42. The van der Waals surface area contributed by atoms with Gasteiger partial charge in [-0.25, -0.2) is 4.99 Å². The topological polar surface area (TPSA) is 78.6 Å². The fourth-order valence-corrected chi connectivity index (χ4v) is 3.47. The first-order valence-corrected chi connectivity index (χ1v) is 8.87. The molecule has 0 atom stereocenters. The maximum absolute atomic E-state index is 12.7. The SMILES string of the molecule is CCNC(=NCc1nnc(C)n1C)N1CC(=O)N(C(C)C)C(C)(C)C1. The first-order valence-electron chi connectivity index (χ1n) is 8.87. The molecule has 0 aliphatic carbocycles. The minimum atomic E-state index is -0.249. The van der Waals surface area contributed by atoms with Crippen LogP contribution in [0, 0.1) is 6.92 Å². The number of rotatable bonds is 4. The van der Waals surface area contributed by atoms with E-state index in [2.05, 4.69) is 48.2 Å². The van der Waals surface area contributed by atoms with E-state index in [1.807, 2.05) is 35.3 Å². The Bertz CT molecular complexity index is 647. The summed E-state index contributed by atoms with van der Waals surface area (Å²) in [5, 5.41) is 11.5. The van der Waals surface area contributed by atoms with E-state index in [1.165, 1.54) is 0 Å². The van der Waals surface area contributed by atoms with Crippen LogP contribution >= 0.6 is 0 Å². The lowest BCUT2D eigenvalue weighted by Gasteiger charge is -2.49. The van der Waals surface area contributed by atoms with Crippen LogP contribution in [0.1, 0.15) is 46.3 Å². The maximum atomic E-state index is 12.7. The molecule has 1 fully saturated rings. The highest BCUT2D eigenvalue weighted by molar-refractivity contribution is 5.88. The van der Waals surface area contributed by atoms with E-state index in [0.29, 0.717) is 13.1 Å². The number of aliphatic imine (C=N–C) groups is 1. The van der Waals surface area contributed by atoms with Crippen molar-refractivity contribution in [1.29, 1.82) is 0 Å². The molecule has 8 heteroatoms. The molecule has 1 saturated heterocycles. The Kier molecular flexibility index (Phi) is 5.69. The Morgan fingerprint density at radius 3 is 2.52 bits per heavy atom. The van der Waals surface area contributed by atoms with Crippen LogP contribution in [0.4, 0.5) is 0 Å². The number of hydrogen-bond acceptors (Lipinski definition) is 4. The van der Waals surface area contributed by atoms with Gasteiger partial charge in [0.15, 0.2) is 11.8 Å². The lowest BCUT2D eigenvalue weighted by Crippen LogP contribution is -2.66. The quantitative estimate of drug-likeness (QED) is 0.646. The van der Waals surface area contributed by atoms with Crippen LogP contribution in [0.2, 0.25) is 0 Å². The number of aryl methyl sites for hydroxylation is 1. The zero-order chi connectivity index (χ0) is 18.8. The molecule has 1 aromatic heterocycles. The van der Waals surface area contributed by atoms with Gasteiger partial charge in [0.1, 0.15) is 12.4 Å². The third-order valence-corrected chi connectivity index (χ3v) is 4.53. The number of aromatic nitrogens is 3. The highest BCUT2D eigenvalue weighted by Gasteiger charge is 2.40. The molecule has 1 aromatic rings. The van der Waals surface area contributed by atoms with Crippen LogP contribution in [0.3, 0.4) is 0 Å². The number of carbonyl (C=O) groups excluding carboxylic acids is 1. The molecule has 1 N–H and O–H groups in total. The lowest BCUT2D eigenvalue weighted by molar-refractivity contribution is -0.145. The van der Waals surface area contributed by atoms with Crippen molar-refractivity contribution in [3.63, 3.8) is 0 Å². The number of nitrogens with one attached hydrogen (secondary N) is 1. The van der Waals surface area contributed by atoms with Crippen LogP contribution in [-0.2, 0) is 18.4 Å². The van der Waals surface area contributed by atoms with Gasteiger partial charge in [0.2, 0.25) is 5.91 Å². The van der Waals surface area contributed by atoms with Gasteiger partial charge in [0.25, 0.3) is 0 Å². The molecule has 0 bridgehead atoms. The number of amides is 1. The van der Waals surface area contributed by atoms with Gasteiger partial charge in [-0.2, -0.15) is 0 Å². The van der Waals surface area contributed by atoms with Crippen LogP contribution in [-0.4, -0.2) is 67.6 Å². The third-order valence-electron chi connectivity index (χ3n) is 4.53. The minimum Gasteiger partial charge on any atom is -0.356 e. The molecular weight excluding hydrogens is 318 g/mol. The molecule has 0 radical (unpaired) electrons. The Morgan fingerprint density at radius 2 is 2.04 bits per heavy atom. The summed E-state index contributed by atoms with van der Waals surface area (Å²) < 4.78 is 1.93. The van der Waals surface area contributed by atoms with Gasteiger partial charge in [0, 0.05) is 26.2 Å². The normalized spacial score (nSPS) is 18.2. The third kappa shape index (κ3) is 4.11. The van der Waals surface area contributed by atoms with Gasteiger partial charge in [-0.1, -0.05) is 0 Å². The molecule has 8 nitrogen and oxygen atoms in total. The molecule has 2 rings (SSSR count). The van der Waals surface area contributed by atoms with Crippen LogP contribution < -0.4 is 5.32 Å². The Balaban J connectivity index is 2.21. The molecule has 0 saturated carbocycles. The highest BCUT2D eigenvalue weighted by Crippen LogP contribution is 2.24. The molecule has 1 aliphatic rings. The van der Waals surface area contributed by atoms with Crippen molar-refractivity contribution in [1.82, 2.24) is 29.9 Å². The van der Waals surface area contributed by atoms with Gasteiger partial charge in [-0.15, -0.1) is 10.2 Å². The smallest absolute Gasteiger partial charge is 0.242 e. The summed E-state index contributed by atoms with van der Waals surface area (Å²) in [6.45, 7) is 14.5. The van der Waals surface area contributed by atoms with Gasteiger partial charge in [0.05, 0.1) is 12.1 Å². The summed E-state index contributed by atoms with van der Waals surface area (Å²) in [5.41, 5.74) is -0.249. The first-order chi connectivity index (χ1) is 11.7. The average Bonchev–Trinajstić information content (AvgIpc) is 2.81. The summed E-state index contributed by atoms with van der Waals surface area (Å²) in [6, 6.07) is 0.186. The lowest BCUT2D eigenvalue weighted by atomic mass is 9.96. The molecule has 2 heterocycles. The van der Waals surface area contributed by atoms with E-state index in [1.54, 1.807) is 0 Å². The van der Waals surface area contributed by atoms with Crippen molar-refractivity contribution >= 4 is 11.9 Å². The number of piperazine rings is 1. The van der Waals surface area contributed by atoms with Crippen LogP contribution in [0.25, 0.3) is 0 Å². The van der Waals surface area contributed by atoms with E-state index >= 15 is 0 Å². The summed E-state index contributed by atoms with van der Waals surface area (Å²) in [4.78, 5) is 21.4. The zero-order valence-electron chi connectivity index (χ0n) is 16.5. The largest absolute Gasteiger partial charge is 0.356 e. The van der Waals surface area contributed by atoms with Crippen molar-refractivity contribution in [2.75, 3.05) is 19.6 Å². The number of carbonyl (C=O) groups is 1. The van der Waals surface area contributed by atoms with Crippen LogP contribution in [0.5, 0.6) is 0 Å². The molecule has 25 heavy (non-hydrogen) atoms.